The van der Waals surface area contributed by atoms with E-state index in [4.69, 9.17) is 0 Å². The van der Waals surface area contributed by atoms with Crippen LogP contribution in [-0.4, -0.2) is 22.7 Å². The molecule has 0 spiro atoms. The summed E-state index contributed by atoms with van der Waals surface area (Å²) in [5.41, 5.74) is 0.900. The molecule has 4 saturated carbocycles. The number of halogens is 1. The van der Waals surface area contributed by atoms with Crippen molar-refractivity contribution in [1.82, 2.24) is 5.32 Å². The van der Waals surface area contributed by atoms with Crippen LogP contribution in [0, 0.1) is 17.3 Å². The largest absolute Gasteiger partial charge is 0.347 e. The number of para-hydroxylation sites is 1. The summed E-state index contributed by atoms with van der Waals surface area (Å²) in [6, 6.07) is 9.32. The quantitative estimate of drug-likeness (QED) is 0.731. The number of anilines is 1. The molecule has 5 rings (SSSR count). The minimum absolute atomic E-state index is 0.0151. The average Bonchev–Trinajstić information content (AvgIpc) is 2.51. The molecule has 2 unspecified atom stereocenters. The van der Waals surface area contributed by atoms with Crippen LogP contribution in [0.5, 0.6) is 0 Å². The van der Waals surface area contributed by atoms with E-state index in [1.54, 1.807) is 0 Å². The summed E-state index contributed by atoms with van der Waals surface area (Å²) >= 11 is 3.99. The minimum Gasteiger partial charge on any atom is -0.347 e. The van der Waals surface area contributed by atoms with Gasteiger partial charge < -0.3 is 10.6 Å². The summed E-state index contributed by atoms with van der Waals surface area (Å²) in [5, 5.41) is 5.63. The van der Waals surface area contributed by atoms with E-state index >= 15 is 0 Å². The third kappa shape index (κ3) is 3.76. The Morgan fingerprint density at radius 3 is 2.36 bits per heavy atom. The molecule has 0 aromatic heterocycles. The molecule has 4 nitrogen and oxygen atoms in total. The molecule has 25 heavy (non-hydrogen) atoms. The molecule has 2 amide bonds. The maximum absolute atomic E-state index is 12.5. The highest BCUT2D eigenvalue weighted by Crippen LogP contribution is 2.65. The Balaban J connectivity index is 1.30. The zero-order chi connectivity index (χ0) is 17.5. The second-order valence-corrected chi connectivity index (χ2v) is 10.2. The molecule has 1 aromatic rings. The topological polar surface area (TPSA) is 58.2 Å². The maximum Gasteiger partial charge on any atom is 0.243 e. The number of rotatable bonds is 5. The van der Waals surface area contributed by atoms with Crippen LogP contribution in [-0.2, 0) is 9.59 Å². The second-order valence-electron chi connectivity index (χ2n) is 8.48. The molecule has 1 aromatic carbocycles. The lowest BCUT2D eigenvalue weighted by molar-refractivity contribution is -0.130. The van der Waals surface area contributed by atoms with Gasteiger partial charge in [0.15, 0.2) is 0 Å². The van der Waals surface area contributed by atoms with E-state index in [2.05, 4.69) is 26.6 Å². The Labute approximate surface area is 157 Å². The summed E-state index contributed by atoms with van der Waals surface area (Å²) in [6.45, 7) is 0.0378. The van der Waals surface area contributed by atoms with Gasteiger partial charge >= 0.3 is 0 Å². The zero-order valence-corrected chi connectivity index (χ0v) is 16.0. The van der Waals surface area contributed by atoms with Gasteiger partial charge in [-0.15, -0.1) is 0 Å². The molecule has 2 atom stereocenters. The van der Waals surface area contributed by atoms with Crippen LogP contribution in [0.15, 0.2) is 30.3 Å². The summed E-state index contributed by atoms with van der Waals surface area (Å²) in [6.07, 6.45) is 7.92. The maximum atomic E-state index is 12.5. The second kappa shape index (κ2) is 6.42. The predicted molar refractivity (Wildman–Crippen MR) is 101 cm³/mol. The molecule has 4 aliphatic rings. The molecule has 4 aliphatic carbocycles. The Morgan fingerprint density at radius 2 is 1.72 bits per heavy atom. The van der Waals surface area contributed by atoms with Gasteiger partial charge in [-0.2, -0.15) is 0 Å². The van der Waals surface area contributed by atoms with Crippen molar-refractivity contribution in [2.45, 2.75) is 49.3 Å². The molecule has 5 heteroatoms. The van der Waals surface area contributed by atoms with Crippen molar-refractivity contribution in [2.24, 2.45) is 17.3 Å². The highest BCUT2D eigenvalue weighted by molar-refractivity contribution is 9.10. The molecule has 0 radical (unpaired) electrons. The summed E-state index contributed by atoms with van der Waals surface area (Å²) in [7, 11) is 0. The lowest BCUT2D eigenvalue weighted by Crippen LogP contribution is -2.54. The number of nitrogens with one attached hydrogen (secondary N) is 2. The third-order valence-corrected chi connectivity index (χ3v) is 7.08. The summed E-state index contributed by atoms with van der Waals surface area (Å²) in [4.78, 5) is 24.5. The van der Waals surface area contributed by atoms with Crippen LogP contribution in [0.25, 0.3) is 0 Å². The Kier molecular flexibility index (Phi) is 4.38. The molecular formula is C20H25BrN2O2. The van der Waals surface area contributed by atoms with Gasteiger partial charge in [0, 0.05) is 16.4 Å². The summed E-state index contributed by atoms with van der Waals surface area (Å²) in [5.74, 6) is 1.38. The van der Waals surface area contributed by atoms with Crippen molar-refractivity contribution >= 4 is 33.4 Å². The van der Waals surface area contributed by atoms with E-state index < -0.39 is 0 Å². The molecular weight excluding hydrogens is 380 g/mol. The Hall–Kier alpha value is -1.36. The first-order valence-electron chi connectivity index (χ1n) is 9.24. The van der Waals surface area contributed by atoms with Crippen molar-refractivity contribution < 1.29 is 9.59 Å². The average molecular weight is 405 g/mol. The number of benzene rings is 1. The van der Waals surface area contributed by atoms with Gasteiger partial charge in [-0.05, 0) is 67.9 Å². The van der Waals surface area contributed by atoms with Gasteiger partial charge in [-0.25, -0.2) is 0 Å². The van der Waals surface area contributed by atoms with Gasteiger partial charge in [0.05, 0.1) is 6.54 Å². The normalized spacial score (nSPS) is 35.4. The highest BCUT2D eigenvalue weighted by Gasteiger charge is 2.57. The smallest absolute Gasteiger partial charge is 0.243 e. The lowest BCUT2D eigenvalue weighted by atomic mass is 9.48. The van der Waals surface area contributed by atoms with Crippen LogP contribution in [0.1, 0.15) is 44.9 Å². The van der Waals surface area contributed by atoms with Crippen LogP contribution in [0.2, 0.25) is 0 Å². The van der Waals surface area contributed by atoms with E-state index in [9.17, 15) is 9.59 Å². The van der Waals surface area contributed by atoms with E-state index in [1.165, 1.54) is 32.1 Å². The number of hydrogen-bond acceptors (Lipinski definition) is 2. The molecule has 0 heterocycles. The van der Waals surface area contributed by atoms with Gasteiger partial charge in [0.25, 0.3) is 0 Å². The van der Waals surface area contributed by atoms with Crippen LogP contribution >= 0.6 is 15.9 Å². The Morgan fingerprint density at radius 1 is 1.04 bits per heavy atom. The fraction of sp³-hybridized carbons (Fsp3) is 0.600. The molecule has 0 saturated heterocycles. The van der Waals surface area contributed by atoms with Gasteiger partial charge in [-0.1, -0.05) is 34.1 Å². The van der Waals surface area contributed by atoms with Crippen molar-refractivity contribution in [1.29, 1.82) is 0 Å². The fourth-order valence-corrected chi connectivity index (χ4v) is 7.36. The van der Waals surface area contributed by atoms with Crippen LogP contribution in [0.4, 0.5) is 5.69 Å². The molecule has 4 bridgehead atoms. The van der Waals surface area contributed by atoms with Gasteiger partial charge in [-0.3, -0.25) is 9.59 Å². The lowest BCUT2D eigenvalue weighted by Gasteiger charge is -2.60. The molecule has 4 fully saturated rings. The number of hydrogen-bond donors (Lipinski definition) is 2. The van der Waals surface area contributed by atoms with Crippen molar-refractivity contribution in [3.63, 3.8) is 0 Å². The standard InChI is InChI=1S/C20H25BrN2O2/c21-20-9-14-6-15(10-20)8-19(7-14,13-20)11-17(24)22-12-18(25)23-16-4-2-1-3-5-16/h1-5,14-15H,6-13H2,(H,22,24)(H,23,25). The van der Waals surface area contributed by atoms with E-state index in [1.807, 2.05) is 30.3 Å². The van der Waals surface area contributed by atoms with Crippen molar-refractivity contribution in [3.8, 4) is 0 Å². The molecule has 2 N–H and O–H groups in total. The third-order valence-electron chi connectivity index (χ3n) is 6.15. The Bertz CT molecular complexity index is 662. The summed E-state index contributed by atoms with van der Waals surface area (Å²) < 4.78 is 0.266. The molecule has 0 aliphatic heterocycles. The van der Waals surface area contributed by atoms with Crippen LogP contribution < -0.4 is 10.6 Å². The van der Waals surface area contributed by atoms with Crippen molar-refractivity contribution in [3.05, 3.63) is 30.3 Å². The van der Waals surface area contributed by atoms with E-state index in [-0.39, 0.29) is 28.1 Å². The first kappa shape index (κ1) is 17.1. The zero-order valence-electron chi connectivity index (χ0n) is 14.4. The van der Waals surface area contributed by atoms with E-state index in [0.717, 1.165) is 23.9 Å². The van der Waals surface area contributed by atoms with Gasteiger partial charge in [0.1, 0.15) is 0 Å². The SMILES string of the molecule is O=C(CC12CC3CC(CC(Br)(C3)C1)C2)NCC(=O)Nc1ccccc1. The molecule has 134 valence electrons. The first-order chi connectivity index (χ1) is 11.9. The monoisotopic (exact) mass is 404 g/mol. The predicted octanol–water partition coefficient (Wildman–Crippen LogP) is 3.87. The first-order valence-corrected chi connectivity index (χ1v) is 10.0. The highest BCUT2D eigenvalue weighted by atomic mass is 79.9. The van der Waals surface area contributed by atoms with Crippen molar-refractivity contribution in [2.75, 3.05) is 11.9 Å². The van der Waals surface area contributed by atoms with E-state index in [0.29, 0.717) is 6.42 Å². The number of carbonyl (C=O) groups is 2. The fourth-order valence-electron chi connectivity index (χ4n) is 5.85. The number of alkyl halides is 1. The van der Waals surface area contributed by atoms with Crippen LogP contribution in [0.3, 0.4) is 0 Å². The minimum atomic E-state index is -0.179. The van der Waals surface area contributed by atoms with Gasteiger partial charge in [0.2, 0.25) is 11.8 Å². The number of carbonyl (C=O) groups excluding carboxylic acids is 2. The number of amides is 2.